The molecule has 0 fully saturated rings. The largest absolute Gasteiger partial charge is 0.497 e. The van der Waals surface area contributed by atoms with Crippen molar-refractivity contribution in [3.05, 3.63) is 78.4 Å². The molecule has 0 radical (unpaired) electrons. The van der Waals surface area contributed by atoms with Gasteiger partial charge in [0.15, 0.2) is 6.10 Å². The average molecular weight is 417 g/mol. The SMILES string of the molecule is COc1cccc(NC(=O)[C@H](Nc2ccc3c(c2)NC(=O)[C@@H](C)O3)c2ccccc2)c1. The van der Waals surface area contributed by atoms with Crippen LogP contribution >= 0.6 is 0 Å². The zero-order valence-electron chi connectivity index (χ0n) is 17.2. The van der Waals surface area contributed by atoms with Gasteiger partial charge in [-0.25, -0.2) is 0 Å². The highest BCUT2D eigenvalue weighted by molar-refractivity contribution is 5.99. The molecule has 0 saturated heterocycles. The van der Waals surface area contributed by atoms with Crippen LogP contribution in [0, 0.1) is 0 Å². The number of rotatable bonds is 6. The Kier molecular flexibility index (Phi) is 5.75. The Balaban J connectivity index is 1.59. The Labute approximate surface area is 180 Å². The predicted molar refractivity (Wildman–Crippen MR) is 120 cm³/mol. The van der Waals surface area contributed by atoms with Crippen LogP contribution in [0.1, 0.15) is 18.5 Å². The summed E-state index contributed by atoms with van der Waals surface area (Å²) in [5.74, 6) is 0.808. The number of ether oxygens (including phenoxy) is 2. The third-order valence-corrected chi connectivity index (χ3v) is 4.95. The fraction of sp³-hybridized carbons (Fsp3) is 0.167. The van der Waals surface area contributed by atoms with E-state index in [1.165, 1.54) is 0 Å². The molecule has 4 rings (SSSR count). The first-order valence-corrected chi connectivity index (χ1v) is 9.91. The number of anilines is 3. The molecule has 158 valence electrons. The fourth-order valence-corrected chi connectivity index (χ4v) is 3.33. The van der Waals surface area contributed by atoms with Gasteiger partial charge in [-0.1, -0.05) is 36.4 Å². The number of hydrogen-bond acceptors (Lipinski definition) is 5. The van der Waals surface area contributed by atoms with Gasteiger partial charge in [0, 0.05) is 17.4 Å². The van der Waals surface area contributed by atoms with Crippen LogP contribution in [0.15, 0.2) is 72.8 Å². The molecule has 1 heterocycles. The number of carbonyl (C=O) groups is 2. The van der Waals surface area contributed by atoms with E-state index in [0.717, 1.165) is 5.56 Å². The third kappa shape index (κ3) is 4.61. The molecular formula is C24H23N3O4. The van der Waals surface area contributed by atoms with Gasteiger partial charge in [0.2, 0.25) is 0 Å². The van der Waals surface area contributed by atoms with E-state index in [2.05, 4.69) is 16.0 Å². The second kappa shape index (κ2) is 8.79. The van der Waals surface area contributed by atoms with Crippen LogP contribution in [-0.2, 0) is 9.59 Å². The van der Waals surface area contributed by atoms with Gasteiger partial charge in [-0.2, -0.15) is 0 Å². The lowest BCUT2D eigenvalue weighted by Gasteiger charge is -2.25. The maximum absolute atomic E-state index is 13.2. The molecule has 31 heavy (non-hydrogen) atoms. The lowest BCUT2D eigenvalue weighted by atomic mass is 10.1. The number of fused-ring (bicyclic) bond motifs is 1. The van der Waals surface area contributed by atoms with Gasteiger partial charge in [-0.3, -0.25) is 9.59 Å². The number of nitrogens with one attached hydrogen (secondary N) is 3. The van der Waals surface area contributed by atoms with Gasteiger partial charge < -0.3 is 25.4 Å². The van der Waals surface area contributed by atoms with E-state index in [9.17, 15) is 9.59 Å². The molecule has 0 aliphatic carbocycles. The first-order valence-electron chi connectivity index (χ1n) is 9.91. The van der Waals surface area contributed by atoms with Crippen molar-refractivity contribution < 1.29 is 19.1 Å². The van der Waals surface area contributed by atoms with Crippen LogP contribution in [0.4, 0.5) is 17.1 Å². The van der Waals surface area contributed by atoms with E-state index in [1.807, 2.05) is 48.5 Å². The lowest BCUT2D eigenvalue weighted by Crippen LogP contribution is -2.34. The summed E-state index contributed by atoms with van der Waals surface area (Å²) in [5.41, 5.74) is 2.67. The van der Waals surface area contributed by atoms with Crippen LogP contribution in [0.3, 0.4) is 0 Å². The normalized spacial score (nSPS) is 15.7. The molecule has 1 aliphatic rings. The predicted octanol–water partition coefficient (Wildman–Crippen LogP) is 4.21. The first kappa shape index (κ1) is 20.3. The second-order valence-electron chi connectivity index (χ2n) is 7.17. The summed E-state index contributed by atoms with van der Waals surface area (Å²) in [6, 6.07) is 21.3. The summed E-state index contributed by atoms with van der Waals surface area (Å²) >= 11 is 0. The molecular weight excluding hydrogens is 394 g/mol. The fourth-order valence-electron chi connectivity index (χ4n) is 3.33. The Bertz CT molecular complexity index is 1100. The smallest absolute Gasteiger partial charge is 0.265 e. The summed E-state index contributed by atoms with van der Waals surface area (Å²) in [6.45, 7) is 1.69. The Morgan fingerprint density at radius 2 is 1.84 bits per heavy atom. The highest BCUT2D eigenvalue weighted by Gasteiger charge is 2.25. The summed E-state index contributed by atoms with van der Waals surface area (Å²) < 4.78 is 10.8. The van der Waals surface area contributed by atoms with Crippen LogP contribution in [0.2, 0.25) is 0 Å². The quantitative estimate of drug-likeness (QED) is 0.559. The molecule has 0 spiro atoms. The Morgan fingerprint density at radius 1 is 1.03 bits per heavy atom. The molecule has 3 aromatic carbocycles. The highest BCUT2D eigenvalue weighted by atomic mass is 16.5. The van der Waals surface area contributed by atoms with E-state index < -0.39 is 12.1 Å². The van der Waals surface area contributed by atoms with Gasteiger partial charge in [0.05, 0.1) is 12.8 Å². The van der Waals surface area contributed by atoms with Crippen molar-refractivity contribution in [3.8, 4) is 11.5 Å². The summed E-state index contributed by atoms with van der Waals surface area (Å²) in [7, 11) is 1.58. The molecule has 7 heteroatoms. The van der Waals surface area contributed by atoms with Crippen LogP contribution in [0.25, 0.3) is 0 Å². The summed E-state index contributed by atoms with van der Waals surface area (Å²) in [4.78, 5) is 25.1. The molecule has 0 saturated carbocycles. The molecule has 1 aliphatic heterocycles. The van der Waals surface area contributed by atoms with Gasteiger partial charge in [-0.05, 0) is 42.8 Å². The van der Waals surface area contributed by atoms with Crippen molar-refractivity contribution >= 4 is 28.9 Å². The van der Waals surface area contributed by atoms with E-state index in [-0.39, 0.29) is 11.8 Å². The monoisotopic (exact) mass is 417 g/mol. The number of carbonyl (C=O) groups excluding carboxylic acids is 2. The van der Waals surface area contributed by atoms with Gasteiger partial charge >= 0.3 is 0 Å². The number of benzene rings is 3. The number of methoxy groups -OCH3 is 1. The van der Waals surface area contributed by atoms with Gasteiger partial charge in [0.25, 0.3) is 11.8 Å². The summed E-state index contributed by atoms with van der Waals surface area (Å²) in [6.07, 6.45) is -0.544. The number of hydrogen-bond donors (Lipinski definition) is 3. The number of amides is 2. The minimum absolute atomic E-state index is 0.208. The lowest BCUT2D eigenvalue weighted by molar-refractivity contribution is -0.122. The van der Waals surface area contributed by atoms with Crippen LogP contribution < -0.4 is 25.4 Å². The first-order chi connectivity index (χ1) is 15.0. The molecule has 3 aromatic rings. The standard InChI is InChI=1S/C24H23N3O4/c1-15-23(28)27-20-14-18(11-12-21(20)31-15)25-22(16-7-4-3-5-8-16)24(29)26-17-9-6-10-19(13-17)30-2/h3-15,22,25H,1-2H3,(H,26,29)(H,27,28)/t15-,22-/m1/s1. The molecule has 0 bridgehead atoms. The third-order valence-electron chi connectivity index (χ3n) is 4.95. The van der Waals surface area contributed by atoms with Crippen LogP contribution in [-0.4, -0.2) is 25.0 Å². The maximum Gasteiger partial charge on any atom is 0.265 e. The minimum atomic E-state index is -0.662. The molecule has 0 aromatic heterocycles. The van der Waals surface area contributed by atoms with Crippen molar-refractivity contribution in [3.63, 3.8) is 0 Å². The molecule has 7 nitrogen and oxygen atoms in total. The molecule has 0 unspecified atom stereocenters. The van der Waals surface area contributed by atoms with Crippen molar-refractivity contribution in [2.75, 3.05) is 23.1 Å². The second-order valence-corrected chi connectivity index (χ2v) is 7.17. The zero-order valence-corrected chi connectivity index (χ0v) is 17.2. The van der Waals surface area contributed by atoms with E-state index >= 15 is 0 Å². The van der Waals surface area contributed by atoms with Crippen LogP contribution in [0.5, 0.6) is 11.5 Å². The average Bonchev–Trinajstić information content (AvgIpc) is 2.79. The van der Waals surface area contributed by atoms with Gasteiger partial charge in [0.1, 0.15) is 17.5 Å². The van der Waals surface area contributed by atoms with Crippen molar-refractivity contribution in [1.82, 2.24) is 0 Å². The molecule has 2 amide bonds. The Morgan fingerprint density at radius 3 is 2.61 bits per heavy atom. The molecule has 2 atom stereocenters. The topological polar surface area (TPSA) is 88.7 Å². The molecule has 3 N–H and O–H groups in total. The van der Waals surface area contributed by atoms with E-state index in [0.29, 0.717) is 28.6 Å². The Hall–Kier alpha value is -4.00. The minimum Gasteiger partial charge on any atom is -0.497 e. The van der Waals surface area contributed by atoms with E-state index in [4.69, 9.17) is 9.47 Å². The van der Waals surface area contributed by atoms with Crippen molar-refractivity contribution in [2.45, 2.75) is 19.1 Å². The summed E-state index contributed by atoms with van der Waals surface area (Å²) in [5, 5.41) is 9.03. The van der Waals surface area contributed by atoms with Crippen molar-refractivity contribution in [1.29, 1.82) is 0 Å². The maximum atomic E-state index is 13.2. The zero-order chi connectivity index (χ0) is 21.8. The van der Waals surface area contributed by atoms with Gasteiger partial charge in [-0.15, -0.1) is 0 Å². The van der Waals surface area contributed by atoms with E-state index in [1.54, 1.807) is 38.3 Å². The highest BCUT2D eigenvalue weighted by Crippen LogP contribution is 2.33. The van der Waals surface area contributed by atoms with Crippen molar-refractivity contribution in [2.24, 2.45) is 0 Å².